The average Bonchev–Trinajstić information content (AvgIpc) is 2.34. The molecule has 0 bridgehead atoms. The fraction of sp³-hybridized carbons (Fsp3) is 0.143. The zero-order chi connectivity index (χ0) is 7.84. The second-order valence-corrected chi connectivity index (χ2v) is 3.22. The molecule has 3 nitrogen and oxygen atoms in total. The number of halogens is 1. The normalized spacial score (nSPS) is 10.7. The summed E-state index contributed by atoms with van der Waals surface area (Å²) < 4.78 is 6.04. The van der Waals surface area contributed by atoms with Crippen molar-refractivity contribution in [2.45, 2.75) is 6.92 Å². The van der Waals surface area contributed by atoms with E-state index in [9.17, 15) is 0 Å². The Balaban J connectivity index is 2.91. The third kappa shape index (κ3) is 1.11. The summed E-state index contributed by atoms with van der Waals surface area (Å²) in [5.41, 5.74) is 1.65. The molecular weight excluding hydrogens is 255 g/mol. The molecule has 0 atom stereocenters. The van der Waals surface area contributed by atoms with Gasteiger partial charge in [-0.15, -0.1) is 0 Å². The van der Waals surface area contributed by atoms with Gasteiger partial charge in [0.25, 0.3) is 0 Å². The first-order chi connectivity index (χ1) is 5.27. The van der Waals surface area contributed by atoms with Gasteiger partial charge in [-0.05, 0) is 29.5 Å². The summed E-state index contributed by atoms with van der Waals surface area (Å²) in [6, 6.07) is 1.84. The van der Waals surface area contributed by atoms with Crippen molar-refractivity contribution in [2.75, 3.05) is 0 Å². The largest absolute Gasteiger partial charge is 0.460 e. The Bertz CT molecular complexity index is 396. The Hall–Kier alpha value is -0.650. The molecule has 0 aromatic carbocycles. The van der Waals surface area contributed by atoms with E-state index in [0.717, 1.165) is 20.6 Å². The molecule has 0 saturated heterocycles. The van der Waals surface area contributed by atoms with Gasteiger partial charge in [-0.2, -0.15) is 0 Å². The SMILES string of the molecule is Cc1nc(I)c2occc2n1. The van der Waals surface area contributed by atoms with Crippen molar-refractivity contribution in [3.63, 3.8) is 0 Å². The van der Waals surface area contributed by atoms with E-state index >= 15 is 0 Å². The van der Waals surface area contributed by atoms with Crippen LogP contribution in [0.5, 0.6) is 0 Å². The first-order valence-corrected chi connectivity index (χ1v) is 4.22. The molecule has 0 radical (unpaired) electrons. The summed E-state index contributed by atoms with van der Waals surface area (Å²) in [5, 5.41) is 0. The summed E-state index contributed by atoms with van der Waals surface area (Å²) in [5.74, 6) is 0.781. The van der Waals surface area contributed by atoms with E-state index in [0.29, 0.717) is 0 Å². The summed E-state index contributed by atoms with van der Waals surface area (Å²) in [7, 11) is 0. The molecule has 0 unspecified atom stereocenters. The highest BCUT2D eigenvalue weighted by Gasteiger charge is 2.04. The second kappa shape index (κ2) is 2.44. The van der Waals surface area contributed by atoms with E-state index in [2.05, 4.69) is 32.6 Å². The van der Waals surface area contributed by atoms with Crippen LogP contribution in [0, 0.1) is 10.6 Å². The van der Waals surface area contributed by atoms with Gasteiger partial charge in [0.15, 0.2) is 5.58 Å². The van der Waals surface area contributed by atoms with E-state index in [1.54, 1.807) is 6.26 Å². The number of furan rings is 1. The van der Waals surface area contributed by atoms with Crippen LogP contribution in [0.25, 0.3) is 11.1 Å². The van der Waals surface area contributed by atoms with Crippen LogP contribution in [0.3, 0.4) is 0 Å². The maximum absolute atomic E-state index is 5.17. The first-order valence-electron chi connectivity index (χ1n) is 3.15. The molecule has 0 amide bonds. The maximum atomic E-state index is 5.17. The van der Waals surface area contributed by atoms with Gasteiger partial charge in [0.05, 0.1) is 6.26 Å². The molecule has 11 heavy (non-hydrogen) atoms. The van der Waals surface area contributed by atoms with Crippen molar-refractivity contribution in [2.24, 2.45) is 0 Å². The average molecular weight is 260 g/mol. The van der Waals surface area contributed by atoms with E-state index in [1.165, 1.54) is 0 Å². The van der Waals surface area contributed by atoms with Crippen molar-refractivity contribution in [1.29, 1.82) is 0 Å². The van der Waals surface area contributed by atoms with Gasteiger partial charge in [0.2, 0.25) is 0 Å². The minimum absolute atomic E-state index is 0.774. The molecule has 0 saturated carbocycles. The number of nitrogens with zero attached hydrogens (tertiary/aromatic N) is 2. The van der Waals surface area contributed by atoms with Gasteiger partial charge in [-0.25, -0.2) is 9.97 Å². The van der Waals surface area contributed by atoms with E-state index in [-0.39, 0.29) is 0 Å². The molecule has 0 N–H and O–H groups in total. The molecule has 2 aromatic heterocycles. The van der Waals surface area contributed by atoms with Crippen molar-refractivity contribution >= 4 is 33.7 Å². The molecular formula is C7H5IN2O. The Morgan fingerprint density at radius 1 is 1.45 bits per heavy atom. The van der Waals surface area contributed by atoms with Crippen LogP contribution in [0.1, 0.15) is 5.82 Å². The lowest BCUT2D eigenvalue weighted by Gasteiger charge is -1.92. The molecule has 2 rings (SSSR count). The minimum atomic E-state index is 0.774. The predicted molar refractivity (Wildman–Crippen MR) is 49.3 cm³/mol. The predicted octanol–water partition coefficient (Wildman–Crippen LogP) is 2.14. The van der Waals surface area contributed by atoms with Crippen LogP contribution >= 0.6 is 22.6 Å². The van der Waals surface area contributed by atoms with Gasteiger partial charge >= 0.3 is 0 Å². The fourth-order valence-corrected chi connectivity index (χ4v) is 1.69. The molecule has 0 aliphatic carbocycles. The quantitative estimate of drug-likeness (QED) is 0.538. The van der Waals surface area contributed by atoms with Crippen LogP contribution in [-0.2, 0) is 0 Å². The number of aryl methyl sites for hydroxylation is 1. The Labute approximate surface area is 77.0 Å². The second-order valence-electron chi connectivity index (χ2n) is 2.20. The standard InChI is InChI=1S/C7H5IN2O/c1-4-9-5-2-3-11-6(5)7(8)10-4/h2-3H,1H3. The minimum Gasteiger partial charge on any atom is -0.460 e. The highest BCUT2D eigenvalue weighted by atomic mass is 127. The maximum Gasteiger partial charge on any atom is 0.184 e. The number of hydrogen-bond donors (Lipinski definition) is 0. The van der Waals surface area contributed by atoms with Gasteiger partial charge < -0.3 is 4.42 Å². The number of aromatic nitrogens is 2. The van der Waals surface area contributed by atoms with Crippen molar-refractivity contribution in [3.8, 4) is 0 Å². The smallest absolute Gasteiger partial charge is 0.184 e. The monoisotopic (exact) mass is 260 g/mol. The van der Waals surface area contributed by atoms with Crippen molar-refractivity contribution < 1.29 is 4.42 Å². The molecule has 0 fully saturated rings. The highest BCUT2D eigenvalue weighted by molar-refractivity contribution is 14.1. The van der Waals surface area contributed by atoms with E-state index < -0.39 is 0 Å². The lowest BCUT2D eigenvalue weighted by molar-refractivity contribution is 0.610. The highest BCUT2D eigenvalue weighted by Crippen LogP contribution is 2.17. The molecule has 2 aromatic rings. The fourth-order valence-electron chi connectivity index (χ4n) is 0.937. The number of fused-ring (bicyclic) bond motifs is 1. The Morgan fingerprint density at radius 2 is 2.27 bits per heavy atom. The molecule has 4 heteroatoms. The molecule has 0 spiro atoms. The summed E-state index contributed by atoms with van der Waals surface area (Å²) in [4.78, 5) is 8.34. The zero-order valence-electron chi connectivity index (χ0n) is 5.84. The molecule has 0 aliphatic rings. The summed E-state index contributed by atoms with van der Waals surface area (Å²) >= 11 is 2.14. The topological polar surface area (TPSA) is 38.9 Å². The Morgan fingerprint density at radius 3 is 3.09 bits per heavy atom. The lowest BCUT2D eigenvalue weighted by atomic mass is 10.4. The van der Waals surface area contributed by atoms with Crippen LogP contribution < -0.4 is 0 Å². The van der Waals surface area contributed by atoms with Gasteiger partial charge in [-0.3, -0.25) is 0 Å². The zero-order valence-corrected chi connectivity index (χ0v) is 7.99. The molecule has 2 heterocycles. The summed E-state index contributed by atoms with van der Waals surface area (Å²) in [6.07, 6.45) is 1.63. The first kappa shape index (κ1) is 7.02. The third-order valence-electron chi connectivity index (χ3n) is 1.37. The van der Waals surface area contributed by atoms with E-state index in [4.69, 9.17) is 4.42 Å². The van der Waals surface area contributed by atoms with Crippen LogP contribution in [0.2, 0.25) is 0 Å². The third-order valence-corrected chi connectivity index (χ3v) is 2.11. The van der Waals surface area contributed by atoms with Gasteiger partial charge in [0, 0.05) is 6.07 Å². The van der Waals surface area contributed by atoms with E-state index in [1.807, 2.05) is 13.0 Å². The lowest BCUT2D eigenvalue weighted by Crippen LogP contribution is -1.89. The van der Waals surface area contributed by atoms with Crippen molar-refractivity contribution in [3.05, 3.63) is 21.9 Å². The van der Waals surface area contributed by atoms with Crippen LogP contribution in [0.4, 0.5) is 0 Å². The van der Waals surface area contributed by atoms with Crippen LogP contribution in [0.15, 0.2) is 16.7 Å². The molecule has 56 valence electrons. The Kier molecular flexibility index (Phi) is 1.56. The van der Waals surface area contributed by atoms with Gasteiger partial charge in [0.1, 0.15) is 15.0 Å². The number of hydrogen-bond acceptors (Lipinski definition) is 3. The van der Waals surface area contributed by atoms with Gasteiger partial charge in [-0.1, -0.05) is 0 Å². The molecule has 0 aliphatic heterocycles. The van der Waals surface area contributed by atoms with Crippen LogP contribution in [-0.4, -0.2) is 9.97 Å². The number of rotatable bonds is 0. The van der Waals surface area contributed by atoms with Crippen molar-refractivity contribution in [1.82, 2.24) is 9.97 Å². The summed E-state index contributed by atoms with van der Waals surface area (Å²) in [6.45, 7) is 1.87.